The summed E-state index contributed by atoms with van der Waals surface area (Å²) >= 11 is 0. The number of anilines is 1. The van der Waals surface area contributed by atoms with Crippen molar-refractivity contribution in [3.63, 3.8) is 0 Å². The van der Waals surface area contributed by atoms with Crippen molar-refractivity contribution < 1.29 is 9.59 Å². The van der Waals surface area contributed by atoms with Crippen LogP contribution in [0, 0.1) is 0 Å². The first-order valence-electron chi connectivity index (χ1n) is 5.02. The Balaban J connectivity index is 1.82. The number of carbonyl (C=O) groups is 2. The van der Waals surface area contributed by atoms with Crippen LogP contribution in [0.15, 0.2) is 24.4 Å². The zero-order valence-electron chi connectivity index (χ0n) is 8.56. The maximum Gasteiger partial charge on any atom is 0.260 e. The standard InChI is InChI=1S/C10H12N4O2/c15-9-5-4-7(12-9)10(16)14-13-8-3-1-2-6-11-8/h1-3,6-7H,4-5H2,(H,11,13)(H,12,15)(H,14,16). The van der Waals surface area contributed by atoms with Crippen molar-refractivity contribution in [1.29, 1.82) is 0 Å². The molecule has 0 bridgehead atoms. The van der Waals surface area contributed by atoms with E-state index < -0.39 is 6.04 Å². The summed E-state index contributed by atoms with van der Waals surface area (Å²) in [6, 6.07) is 4.88. The van der Waals surface area contributed by atoms with Gasteiger partial charge in [-0.15, -0.1) is 0 Å². The van der Waals surface area contributed by atoms with Crippen molar-refractivity contribution >= 4 is 17.6 Å². The minimum atomic E-state index is -0.441. The average molecular weight is 220 g/mol. The second kappa shape index (κ2) is 4.61. The smallest absolute Gasteiger partial charge is 0.260 e. The monoisotopic (exact) mass is 220 g/mol. The lowest BCUT2D eigenvalue weighted by atomic mass is 10.2. The fourth-order valence-corrected chi connectivity index (χ4v) is 1.46. The van der Waals surface area contributed by atoms with E-state index >= 15 is 0 Å². The van der Waals surface area contributed by atoms with Gasteiger partial charge in [-0.05, 0) is 18.6 Å². The second-order valence-corrected chi connectivity index (χ2v) is 3.49. The number of hydrogen-bond acceptors (Lipinski definition) is 4. The number of nitrogens with one attached hydrogen (secondary N) is 3. The number of carbonyl (C=O) groups excluding carboxylic acids is 2. The number of nitrogens with zero attached hydrogens (tertiary/aromatic N) is 1. The van der Waals surface area contributed by atoms with Crippen molar-refractivity contribution in [2.75, 3.05) is 5.43 Å². The van der Waals surface area contributed by atoms with Crippen molar-refractivity contribution in [3.05, 3.63) is 24.4 Å². The highest BCUT2D eigenvalue weighted by molar-refractivity contribution is 5.91. The molecule has 0 aliphatic carbocycles. The molecule has 2 heterocycles. The molecule has 0 radical (unpaired) electrons. The average Bonchev–Trinajstić information content (AvgIpc) is 2.74. The minimum absolute atomic E-state index is 0.0852. The molecule has 1 aromatic rings. The van der Waals surface area contributed by atoms with Crippen molar-refractivity contribution in [3.8, 4) is 0 Å². The molecule has 1 saturated heterocycles. The van der Waals surface area contributed by atoms with Gasteiger partial charge in [0.2, 0.25) is 5.91 Å². The lowest BCUT2D eigenvalue weighted by Crippen LogP contribution is -2.44. The summed E-state index contributed by atoms with van der Waals surface area (Å²) in [5, 5.41) is 2.58. The summed E-state index contributed by atoms with van der Waals surface area (Å²) in [4.78, 5) is 26.4. The second-order valence-electron chi connectivity index (χ2n) is 3.49. The van der Waals surface area contributed by atoms with Crippen LogP contribution < -0.4 is 16.2 Å². The Morgan fingerprint density at radius 1 is 1.50 bits per heavy atom. The third-order valence-electron chi connectivity index (χ3n) is 2.29. The lowest BCUT2D eigenvalue weighted by Gasteiger charge is -2.11. The highest BCUT2D eigenvalue weighted by Gasteiger charge is 2.26. The quantitative estimate of drug-likeness (QED) is 0.616. The van der Waals surface area contributed by atoms with Gasteiger partial charge >= 0.3 is 0 Å². The molecular weight excluding hydrogens is 208 g/mol. The molecule has 1 aromatic heterocycles. The fraction of sp³-hybridized carbons (Fsp3) is 0.300. The molecule has 1 unspecified atom stereocenters. The maximum absolute atomic E-state index is 11.5. The van der Waals surface area contributed by atoms with Crippen LogP contribution in [0.1, 0.15) is 12.8 Å². The number of rotatable bonds is 3. The van der Waals surface area contributed by atoms with E-state index in [4.69, 9.17) is 0 Å². The summed E-state index contributed by atoms with van der Waals surface area (Å²) in [6.45, 7) is 0. The van der Waals surface area contributed by atoms with Gasteiger partial charge in [-0.2, -0.15) is 0 Å². The van der Waals surface area contributed by atoms with Crippen LogP contribution in [0.25, 0.3) is 0 Å². The van der Waals surface area contributed by atoms with Gasteiger partial charge in [0.25, 0.3) is 5.91 Å². The molecule has 1 aliphatic rings. The minimum Gasteiger partial charge on any atom is -0.344 e. The highest BCUT2D eigenvalue weighted by Crippen LogP contribution is 2.06. The van der Waals surface area contributed by atoms with Gasteiger partial charge in [0.05, 0.1) is 0 Å². The van der Waals surface area contributed by atoms with Gasteiger partial charge in [0.15, 0.2) is 0 Å². The Morgan fingerprint density at radius 2 is 2.38 bits per heavy atom. The molecular formula is C10H12N4O2. The Labute approximate surface area is 92.4 Å². The molecule has 2 rings (SSSR count). The zero-order valence-corrected chi connectivity index (χ0v) is 8.56. The molecule has 0 saturated carbocycles. The largest absolute Gasteiger partial charge is 0.344 e. The molecule has 6 heteroatoms. The van der Waals surface area contributed by atoms with E-state index in [1.165, 1.54) is 0 Å². The molecule has 0 aromatic carbocycles. The Morgan fingerprint density at radius 3 is 3.00 bits per heavy atom. The molecule has 1 atom stereocenters. The van der Waals surface area contributed by atoms with E-state index in [2.05, 4.69) is 21.2 Å². The predicted octanol–water partition coefficient (Wildman–Crippen LogP) is -0.197. The van der Waals surface area contributed by atoms with E-state index in [1.807, 2.05) is 0 Å². The van der Waals surface area contributed by atoms with Gasteiger partial charge in [-0.3, -0.25) is 20.4 Å². The first-order chi connectivity index (χ1) is 7.75. The molecule has 1 aliphatic heterocycles. The van der Waals surface area contributed by atoms with Crippen LogP contribution in [0.5, 0.6) is 0 Å². The van der Waals surface area contributed by atoms with Crippen molar-refractivity contribution in [2.45, 2.75) is 18.9 Å². The van der Waals surface area contributed by atoms with Crippen LogP contribution in [0.2, 0.25) is 0 Å². The molecule has 84 valence electrons. The van der Waals surface area contributed by atoms with E-state index in [0.29, 0.717) is 18.7 Å². The van der Waals surface area contributed by atoms with E-state index in [-0.39, 0.29) is 11.8 Å². The molecule has 2 amide bonds. The van der Waals surface area contributed by atoms with Crippen LogP contribution in [0.3, 0.4) is 0 Å². The summed E-state index contributed by atoms with van der Waals surface area (Å²) in [5.74, 6) is 0.217. The summed E-state index contributed by atoms with van der Waals surface area (Å²) < 4.78 is 0. The third kappa shape index (κ3) is 2.47. The first-order valence-corrected chi connectivity index (χ1v) is 5.02. The molecule has 3 N–H and O–H groups in total. The topological polar surface area (TPSA) is 83.1 Å². The van der Waals surface area contributed by atoms with Crippen LogP contribution in [-0.2, 0) is 9.59 Å². The Hall–Kier alpha value is -2.11. The van der Waals surface area contributed by atoms with Crippen molar-refractivity contribution in [1.82, 2.24) is 15.7 Å². The van der Waals surface area contributed by atoms with E-state index in [1.54, 1.807) is 24.4 Å². The summed E-state index contributed by atoms with van der Waals surface area (Å²) in [7, 11) is 0. The zero-order chi connectivity index (χ0) is 11.4. The number of hydrazine groups is 1. The molecule has 0 spiro atoms. The molecule has 16 heavy (non-hydrogen) atoms. The number of amides is 2. The summed E-state index contributed by atoms with van der Waals surface area (Å²) in [5.41, 5.74) is 5.17. The van der Waals surface area contributed by atoms with Gasteiger partial charge in [0.1, 0.15) is 11.9 Å². The summed E-state index contributed by atoms with van der Waals surface area (Å²) in [6.07, 6.45) is 2.56. The van der Waals surface area contributed by atoms with Crippen molar-refractivity contribution in [2.24, 2.45) is 0 Å². The Kier molecular flexibility index (Phi) is 3.00. The lowest BCUT2D eigenvalue weighted by molar-refractivity contribution is -0.125. The maximum atomic E-state index is 11.5. The fourth-order valence-electron chi connectivity index (χ4n) is 1.46. The van der Waals surface area contributed by atoms with E-state index in [9.17, 15) is 9.59 Å². The van der Waals surface area contributed by atoms with Gasteiger partial charge in [-0.25, -0.2) is 4.98 Å². The molecule has 1 fully saturated rings. The van der Waals surface area contributed by atoms with E-state index in [0.717, 1.165) is 0 Å². The third-order valence-corrected chi connectivity index (χ3v) is 2.29. The SMILES string of the molecule is O=C1CCC(C(=O)NNc2ccccn2)N1. The number of aromatic nitrogens is 1. The highest BCUT2D eigenvalue weighted by atomic mass is 16.2. The van der Waals surface area contributed by atoms with Gasteiger partial charge in [-0.1, -0.05) is 6.07 Å². The van der Waals surface area contributed by atoms with Gasteiger partial charge in [0, 0.05) is 12.6 Å². The Bertz CT molecular complexity index is 393. The van der Waals surface area contributed by atoms with Crippen LogP contribution >= 0.6 is 0 Å². The van der Waals surface area contributed by atoms with Crippen LogP contribution in [-0.4, -0.2) is 22.8 Å². The van der Waals surface area contributed by atoms with Gasteiger partial charge < -0.3 is 5.32 Å². The molecule has 6 nitrogen and oxygen atoms in total. The van der Waals surface area contributed by atoms with Crippen LogP contribution in [0.4, 0.5) is 5.82 Å². The first kappa shape index (κ1) is 10.4. The normalized spacial score (nSPS) is 19.0. The number of pyridine rings is 1. The number of hydrogen-bond donors (Lipinski definition) is 3. The predicted molar refractivity (Wildman–Crippen MR) is 57.2 cm³/mol.